The Kier molecular flexibility index (Phi) is 3.96. The fourth-order valence-electron chi connectivity index (χ4n) is 1.92. The van der Waals surface area contributed by atoms with Crippen molar-refractivity contribution < 1.29 is 9.21 Å². The van der Waals surface area contributed by atoms with Crippen LogP contribution in [0.15, 0.2) is 41.0 Å². The normalized spacial score (nSPS) is 12.2. The number of rotatable bonds is 3. The summed E-state index contributed by atoms with van der Waals surface area (Å²) in [5.74, 6) is 0.256. The van der Waals surface area contributed by atoms with Crippen LogP contribution in [0.4, 0.5) is 0 Å². The van der Waals surface area contributed by atoms with E-state index in [0.717, 1.165) is 11.1 Å². The molecule has 1 aromatic heterocycles. The highest BCUT2D eigenvalue weighted by Crippen LogP contribution is 2.24. The summed E-state index contributed by atoms with van der Waals surface area (Å²) in [6.07, 6.45) is 1.53. The Hall–Kier alpha value is -1.74. The minimum Gasteiger partial charge on any atom is -0.459 e. The molecule has 19 heavy (non-hydrogen) atoms. The quantitative estimate of drug-likeness (QED) is 0.847. The Morgan fingerprint density at radius 2 is 2.11 bits per heavy atom. The highest BCUT2D eigenvalue weighted by Gasteiger charge is 2.22. The third-order valence-electron chi connectivity index (χ3n) is 3.29. The van der Waals surface area contributed by atoms with Gasteiger partial charge < -0.3 is 9.32 Å². The minimum absolute atomic E-state index is 0.0734. The van der Waals surface area contributed by atoms with E-state index in [0.29, 0.717) is 10.8 Å². The molecule has 1 atom stereocenters. The number of furan rings is 1. The van der Waals surface area contributed by atoms with E-state index in [1.54, 1.807) is 18.0 Å². The van der Waals surface area contributed by atoms with E-state index < -0.39 is 0 Å². The molecule has 0 aliphatic carbocycles. The van der Waals surface area contributed by atoms with Crippen LogP contribution in [0.2, 0.25) is 5.02 Å². The number of amides is 1. The summed E-state index contributed by atoms with van der Waals surface area (Å²) < 4.78 is 5.24. The van der Waals surface area contributed by atoms with Crippen molar-refractivity contribution in [2.45, 2.75) is 19.9 Å². The Morgan fingerprint density at radius 1 is 1.37 bits per heavy atom. The number of aryl methyl sites for hydroxylation is 1. The molecule has 0 N–H and O–H groups in total. The third kappa shape index (κ3) is 2.82. The van der Waals surface area contributed by atoms with Crippen molar-refractivity contribution in [1.29, 1.82) is 0 Å². The van der Waals surface area contributed by atoms with Crippen LogP contribution in [-0.4, -0.2) is 17.9 Å². The molecule has 0 saturated carbocycles. The van der Waals surface area contributed by atoms with Gasteiger partial charge in [-0.2, -0.15) is 0 Å². The zero-order valence-electron chi connectivity index (χ0n) is 11.2. The highest BCUT2D eigenvalue weighted by molar-refractivity contribution is 6.30. The molecule has 0 aliphatic heterocycles. The molecule has 1 aromatic carbocycles. The fourth-order valence-corrected chi connectivity index (χ4v) is 2.12. The first kappa shape index (κ1) is 13.7. The lowest BCUT2D eigenvalue weighted by atomic mass is 10.1. The van der Waals surface area contributed by atoms with Crippen molar-refractivity contribution in [3.63, 3.8) is 0 Å². The number of hydrogen-bond donors (Lipinski definition) is 0. The maximum atomic E-state index is 12.3. The van der Waals surface area contributed by atoms with Gasteiger partial charge >= 0.3 is 0 Å². The Bertz CT molecular complexity index is 591. The van der Waals surface area contributed by atoms with E-state index in [-0.39, 0.29) is 11.9 Å². The van der Waals surface area contributed by atoms with Crippen molar-refractivity contribution in [2.24, 2.45) is 0 Å². The van der Waals surface area contributed by atoms with Crippen LogP contribution in [-0.2, 0) is 0 Å². The molecule has 1 heterocycles. The van der Waals surface area contributed by atoms with E-state index in [2.05, 4.69) is 0 Å². The van der Waals surface area contributed by atoms with Crippen molar-refractivity contribution in [2.75, 3.05) is 7.05 Å². The van der Waals surface area contributed by atoms with Crippen molar-refractivity contribution >= 4 is 17.5 Å². The summed E-state index contributed by atoms with van der Waals surface area (Å²) in [4.78, 5) is 14.0. The van der Waals surface area contributed by atoms with E-state index in [4.69, 9.17) is 16.0 Å². The predicted octanol–water partition coefficient (Wildman–Crippen LogP) is 4.07. The molecule has 2 rings (SSSR count). The molecule has 0 radical (unpaired) electrons. The van der Waals surface area contributed by atoms with Crippen LogP contribution >= 0.6 is 11.6 Å². The molecule has 1 amide bonds. The average molecular weight is 278 g/mol. The number of carbonyl (C=O) groups is 1. The first-order valence-corrected chi connectivity index (χ1v) is 6.45. The van der Waals surface area contributed by atoms with E-state index >= 15 is 0 Å². The molecule has 0 saturated heterocycles. The van der Waals surface area contributed by atoms with Crippen LogP contribution in [0.25, 0.3) is 0 Å². The zero-order valence-corrected chi connectivity index (χ0v) is 11.9. The van der Waals surface area contributed by atoms with Crippen molar-refractivity contribution in [3.05, 3.63) is 58.5 Å². The number of hydrogen-bond acceptors (Lipinski definition) is 2. The maximum Gasteiger partial charge on any atom is 0.290 e. The van der Waals surface area contributed by atoms with E-state index in [1.807, 2.05) is 38.1 Å². The number of nitrogens with zero attached hydrogens (tertiary/aromatic N) is 1. The lowest BCUT2D eigenvalue weighted by molar-refractivity contribution is 0.0709. The first-order valence-electron chi connectivity index (χ1n) is 6.07. The molecule has 0 aliphatic rings. The van der Waals surface area contributed by atoms with Gasteiger partial charge in [0.2, 0.25) is 0 Å². The van der Waals surface area contributed by atoms with Crippen molar-refractivity contribution in [3.8, 4) is 0 Å². The summed E-state index contributed by atoms with van der Waals surface area (Å²) in [6.45, 7) is 3.82. The van der Waals surface area contributed by atoms with Crippen LogP contribution in [0.3, 0.4) is 0 Å². The molecule has 2 aromatic rings. The maximum absolute atomic E-state index is 12.3. The highest BCUT2D eigenvalue weighted by atomic mass is 35.5. The number of carbonyl (C=O) groups excluding carboxylic acids is 1. The second-order valence-corrected chi connectivity index (χ2v) is 5.02. The number of benzene rings is 1. The molecule has 4 heteroatoms. The SMILES string of the molecule is Cc1ccoc1C(=O)N(C)C(C)c1cccc(Cl)c1. The van der Waals surface area contributed by atoms with Gasteiger partial charge in [0.1, 0.15) is 0 Å². The molecule has 0 spiro atoms. The molecule has 3 nitrogen and oxygen atoms in total. The Balaban J connectivity index is 2.22. The summed E-state index contributed by atoms with van der Waals surface area (Å²) in [7, 11) is 1.76. The Morgan fingerprint density at radius 3 is 2.68 bits per heavy atom. The van der Waals surface area contributed by atoms with E-state index in [9.17, 15) is 4.79 Å². The standard InChI is InChI=1S/C15H16ClNO2/c1-10-7-8-19-14(10)15(18)17(3)11(2)12-5-4-6-13(16)9-12/h4-9,11H,1-3H3. The fraction of sp³-hybridized carbons (Fsp3) is 0.267. The summed E-state index contributed by atoms with van der Waals surface area (Å²) in [5, 5.41) is 0.666. The van der Waals surface area contributed by atoms with Gasteiger partial charge in [-0.05, 0) is 37.6 Å². The monoisotopic (exact) mass is 277 g/mol. The van der Waals surface area contributed by atoms with Crippen LogP contribution in [0, 0.1) is 6.92 Å². The lowest BCUT2D eigenvalue weighted by Crippen LogP contribution is -2.29. The zero-order chi connectivity index (χ0) is 14.0. The molecular weight excluding hydrogens is 262 g/mol. The summed E-state index contributed by atoms with van der Waals surface area (Å²) in [5.41, 5.74) is 1.84. The van der Waals surface area contributed by atoms with Gasteiger partial charge in [-0.15, -0.1) is 0 Å². The number of halogens is 1. The molecule has 1 unspecified atom stereocenters. The average Bonchev–Trinajstić information content (AvgIpc) is 2.82. The van der Waals surface area contributed by atoms with Gasteiger partial charge in [0.05, 0.1) is 12.3 Å². The van der Waals surface area contributed by atoms with E-state index in [1.165, 1.54) is 6.26 Å². The third-order valence-corrected chi connectivity index (χ3v) is 3.52. The van der Waals surface area contributed by atoms with Crippen LogP contribution < -0.4 is 0 Å². The largest absolute Gasteiger partial charge is 0.459 e. The van der Waals surface area contributed by atoms with Gasteiger partial charge in [-0.25, -0.2) is 0 Å². The van der Waals surface area contributed by atoms with Gasteiger partial charge in [-0.3, -0.25) is 4.79 Å². The molecule has 0 bridgehead atoms. The van der Waals surface area contributed by atoms with Crippen LogP contribution in [0.5, 0.6) is 0 Å². The van der Waals surface area contributed by atoms with Gasteiger partial charge in [0, 0.05) is 17.6 Å². The topological polar surface area (TPSA) is 33.5 Å². The molecular formula is C15H16ClNO2. The van der Waals surface area contributed by atoms with Gasteiger partial charge in [0.25, 0.3) is 5.91 Å². The Labute approximate surface area is 117 Å². The minimum atomic E-state index is -0.130. The van der Waals surface area contributed by atoms with Gasteiger partial charge in [0.15, 0.2) is 5.76 Å². The summed E-state index contributed by atoms with van der Waals surface area (Å²) in [6, 6.07) is 9.22. The second-order valence-electron chi connectivity index (χ2n) is 4.58. The molecule has 0 fully saturated rings. The lowest BCUT2D eigenvalue weighted by Gasteiger charge is -2.24. The second kappa shape index (κ2) is 5.49. The predicted molar refractivity (Wildman–Crippen MR) is 75.4 cm³/mol. The molecule has 100 valence electrons. The first-order chi connectivity index (χ1) is 9.00. The smallest absolute Gasteiger partial charge is 0.290 e. The summed E-state index contributed by atoms with van der Waals surface area (Å²) >= 11 is 5.98. The van der Waals surface area contributed by atoms with Crippen LogP contribution in [0.1, 0.15) is 34.6 Å². The van der Waals surface area contributed by atoms with Gasteiger partial charge in [-0.1, -0.05) is 23.7 Å². The van der Waals surface area contributed by atoms with Crippen molar-refractivity contribution in [1.82, 2.24) is 4.90 Å².